The van der Waals surface area contributed by atoms with Crippen molar-refractivity contribution in [1.82, 2.24) is 14.2 Å². The van der Waals surface area contributed by atoms with Crippen LogP contribution in [0.2, 0.25) is 0 Å². The van der Waals surface area contributed by atoms with Gasteiger partial charge in [-0.3, -0.25) is 9.59 Å². The molecule has 1 unspecified atom stereocenters. The minimum Gasteiger partial charge on any atom is -0.491 e. The Morgan fingerprint density at radius 1 is 1.11 bits per heavy atom. The predicted molar refractivity (Wildman–Crippen MR) is 145 cm³/mol. The van der Waals surface area contributed by atoms with E-state index in [1.165, 1.54) is 4.31 Å². The third kappa shape index (κ3) is 6.02. The number of carbonyl (C=O) groups excluding carboxylic acids is 1. The van der Waals surface area contributed by atoms with Crippen molar-refractivity contribution >= 4 is 32.8 Å². The first kappa shape index (κ1) is 27.7. The molecule has 0 saturated carbocycles. The molecule has 2 heterocycles. The molecule has 1 aliphatic rings. The van der Waals surface area contributed by atoms with E-state index in [1.807, 2.05) is 33.8 Å². The zero-order valence-corrected chi connectivity index (χ0v) is 23.0. The fourth-order valence-corrected chi connectivity index (χ4v) is 6.27. The highest BCUT2D eigenvalue weighted by Crippen LogP contribution is 2.36. The van der Waals surface area contributed by atoms with Gasteiger partial charge in [0, 0.05) is 48.2 Å². The van der Waals surface area contributed by atoms with Crippen LogP contribution in [0.25, 0.3) is 10.9 Å². The molecular formula is C28H35N3O6S. The van der Waals surface area contributed by atoms with Crippen LogP contribution in [0.15, 0.2) is 53.6 Å². The van der Waals surface area contributed by atoms with Crippen LogP contribution in [0, 0.1) is 5.92 Å². The van der Waals surface area contributed by atoms with Gasteiger partial charge in [-0.1, -0.05) is 19.9 Å². The molecule has 1 saturated heterocycles. The number of carbonyl (C=O) groups is 2. The summed E-state index contributed by atoms with van der Waals surface area (Å²) < 4.78 is 35.4. The summed E-state index contributed by atoms with van der Waals surface area (Å²) >= 11 is 0. The number of rotatable bonds is 10. The number of amides is 1. The number of fused-ring (bicyclic) bond motifs is 1. The van der Waals surface area contributed by atoms with Gasteiger partial charge in [-0.25, -0.2) is 8.42 Å². The van der Waals surface area contributed by atoms with Crippen LogP contribution < -0.4 is 10.1 Å². The number of hydrogen-bond donors (Lipinski definition) is 2. The maximum Gasteiger partial charge on any atom is 0.323 e. The lowest BCUT2D eigenvalue weighted by Gasteiger charge is -2.17. The van der Waals surface area contributed by atoms with Crippen molar-refractivity contribution in [2.24, 2.45) is 5.92 Å². The molecule has 2 N–H and O–H groups in total. The topological polar surface area (TPSA) is 118 Å². The maximum atomic E-state index is 13.3. The molecule has 1 fully saturated rings. The van der Waals surface area contributed by atoms with Crippen molar-refractivity contribution in [1.29, 1.82) is 0 Å². The van der Waals surface area contributed by atoms with Gasteiger partial charge in [0.1, 0.15) is 12.3 Å². The molecular weight excluding hydrogens is 506 g/mol. The average molecular weight is 542 g/mol. The quantitative estimate of drug-likeness (QED) is 0.399. The summed E-state index contributed by atoms with van der Waals surface area (Å²) in [5.41, 5.74) is 1.98. The SMILES string of the molecule is CC(C)CNC(=O)c1ccc2c(C3CCN(S(=O)(=O)c4ccc(OC(C)C)cc4)C3)cn(CC(=O)O)c2c1. The summed E-state index contributed by atoms with van der Waals surface area (Å²) in [6, 6.07) is 11.7. The Labute approximate surface area is 223 Å². The number of nitrogens with one attached hydrogen (secondary N) is 1. The van der Waals surface area contributed by atoms with E-state index in [4.69, 9.17) is 4.74 Å². The highest BCUT2D eigenvalue weighted by molar-refractivity contribution is 7.89. The zero-order chi connectivity index (χ0) is 27.6. The number of nitrogens with zero attached hydrogens (tertiary/aromatic N) is 2. The monoisotopic (exact) mass is 541 g/mol. The summed E-state index contributed by atoms with van der Waals surface area (Å²) in [5.74, 6) is -0.400. The van der Waals surface area contributed by atoms with Gasteiger partial charge in [0.2, 0.25) is 10.0 Å². The molecule has 1 amide bonds. The lowest BCUT2D eigenvalue weighted by molar-refractivity contribution is -0.137. The number of benzene rings is 2. The standard InChI is InChI=1S/C28H35N3O6S/c1-18(2)14-29-28(34)20-5-10-24-25(16-30(17-27(32)33)26(24)13-20)21-11-12-31(15-21)38(35,36)23-8-6-22(7-9-23)37-19(3)4/h5-10,13,16,18-19,21H,11-12,14-15,17H2,1-4H3,(H,29,34)(H,32,33). The molecule has 1 atom stereocenters. The minimum atomic E-state index is -3.70. The van der Waals surface area contributed by atoms with Crippen LogP contribution in [-0.4, -0.2) is 60.0 Å². The molecule has 2 aromatic carbocycles. The molecule has 0 aliphatic carbocycles. The molecule has 9 nitrogen and oxygen atoms in total. The van der Waals surface area contributed by atoms with E-state index < -0.39 is 16.0 Å². The molecule has 0 radical (unpaired) electrons. The first-order valence-corrected chi connectivity index (χ1v) is 14.3. The third-order valence-electron chi connectivity index (χ3n) is 6.58. The molecule has 10 heteroatoms. The third-order valence-corrected chi connectivity index (χ3v) is 8.46. The van der Waals surface area contributed by atoms with Gasteiger partial charge in [0.05, 0.1) is 11.0 Å². The fourth-order valence-electron chi connectivity index (χ4n) is 4.77. The van der Waals surface area contributed by atoms with Crippen molar-refractivity contribution in [2.75, 3.05) is 19.6 Å². The van der Waals surface area contributed by atoms with Crippen LogP contribution in [0.4, 0.5) is 0 Å². The Morgan fingerprint density at radius 3 is 2.45 bits per heavy atom. The maximum absolute atomic E-state index is 13.3. The largest absolute Gasteiger partial charge is 0.491 e. The number of carboxylic acids is 1. The number of carboxylic acid groups (broad SMARTS) is 1. The minimum absolute atomic E-state index is 0.00874. The van der Waals surface area contributed by atoms with E-state index in [-0.39, 0.29) is 35.9 Å². The summed E-state index contributed by atoms with van der Waals surface area (Å²) in [4.78, 5) is 24.4. The summed E-state index contributed by atoms with van der Waals surface area (Å²) in [6.45, 7) is 8.76. The molecule has 3 aromatic rings. The second kappa shape index (κ2) is 11.2. The van der Waals surface area contributed by atoms with Crippen LogP contribution in [0.3, 0.4) is 0 Å². The molecule has 38 heavy (non-hydrogen) atoms. The number of ether oxygens (including phenoxy) is 1. The average Bonchev–Trinajstić information content (AvgIpc) is 3.48. The second-order valence-electron chi connectivity index (χ2n) is 10.4. The Kier molecular flexibility index (Phi) is 8.13. The van der Waals surface area contributed by atoms with Crippen LogP contribution in [0.1, 0.15) is 56.0 Å². The van der Waals surface area contributed by atoms with Crippen molar-refractivity contribution in [3.63, 3.8) is 0 Å². The summed E-state index contributed by atoms with van der Waals surface area (Å²) in [6.07, 6.45) is 2.38. The lowest BCUT2D eigenvalue weighted by Crippen LogP contribution is -2.28. The molecule has 0 bridgehead atoms. The fraction of sp³-hybridized carbons (Fsp3) is 0.429. The van der Waals surface area contributed by atoms with Gasteiger partial charge >= 0.3 is 5.97 Å². The van der Waals surface area contributed by atoms with Crippen LogP contribution >= 0.6 is 0 Å². The molecule has 0 spiro atoms. The molecule has 204 valence electrons. The highest BCUT2D eigenvalue weighted by atomic mass is 32.2. The highest BCUT2D eigenvalue weighted by Gasteiger charge is 2.34. The Balaban J connectivity index is 1.59. The predicted octanol–water partition coefficient (Wildman–Crippen LogP) is 4.08. The molecule has 1 aliphatic heterocycles. The number of aromatic nitrogens is 1. The van der Waals surface area contributed by atoms with Gasteiger partial charge in [-0.2, -0.15) is 4.31 Å². The lowest BCUT2D eigenvalue weighted by atomic mass is 9.97. The van der Waals surface area contributed by atoms with Gasteiger partial charge in [0.25, 0.3) is 5.91 Å². The van der Waals surface area contributed by atoms with E-state index >= 15 is 0 Å². The Bertz CT molecular complexity index is 1430. The first-order chi connectivity index (χ1) is 18.0. The van der Waals surface area contributed by atoms with E-state index in [0.29, 0.717) is 42.3 Å². The van der Waals surface area contributed by atoms with Crippen LogP contribution in [0.5, 0.6) is 5.75 Å². The number of sulfonamides is 1. The smallest absolute Gasteiger partial charge is 0.323 e. The van der Waals surface area contributed by atoms with Crippen molar-refractivity contribution in [3.8, 4) is 5.75 Å². The summed E-state index contributed by atoms with van der Waals surface area (Å²) in [7, 11) is -3.70. The van der Waals surface area contributed by atoms with Gasteiger partial charge < -0.3 is 19.7 Å². The van der Waals surface area contributed by atoms with Crippen molar-refractivity contribution in [3.05, 3.63) is 59.8 Å². The van der Waals surface area contributed by atoms with E-state index in [0.717, 1.165) is 10.9 Å². The van der Waals surface area contributed by atoms with E-state index in [2.05, 4.69) is 5.32 Å². The Hall–Kier alpha value is -3.37. The summed E-state index contributed by atoms with van der Waals surface area (Å²) in [5, 5.41) is 13.2. The van der Waals surface area contributed by atoms with Crippen molar-refractivity contribution < 1.29 is 27.9 Å². The number of aliphatic carboxylic acids is 1. The van der Waals surface area contributed by atoms with Crippen LogP contribution in [-0.2, 0) is 21.4 Å². The van der Waals surface area contributed by atoms with Crippen molar-refractivity contribution in [2.45, 2.75) is 57.6 Å². The second-order valence-corrected chi connectivity index (χ2v) is 12.4. The van der Waals surface area contributed by atoms with Gasteiger partial charge in [-0.05, 0) is 68.1 Å². The normalized spacial score (nSPS) is 16.4. The number of hydrogen-bond acceptors (Lipinski definition) is 5. The van der Waals surface area contributed by atoms with E-state index in [9.17, 15) is 23.1 Å². The zero-order valence-electron chi connectivity index (χ0n) is 22.2. The molecule has 1 aromatic heterocycles. The first-order valence-electron chi connectivity index (χ1n) is 12.9. The van der Waals surface area contributed by atoms with Gasteiger partial charge in [0.15, 0.2) is 0 Å². The van der Waals surface area contributed by atoms with E-state index in [1.54, 1.807) is 47.2 Å². The van der Waals surface area contributed by atoms with Gasteiger partial charge in [-0.15, -0.1) is 0 Å². The molecule has 4 rings (SSSR count). The Morgan fingerprint density at radius 2 is 1.82 bits per heavy atom.